The van der Waals surface area contributed by atoms with Crippen molar-refractivity contribution in [2.24, 2.45) is 0 Å². The number of anilines is 2. The maximum absolute atomic E-state index is 8.97. The van der Waals surface area contributed by atoms with Gasteiger partial charge in [0.1, 0.15) is 17.6 Å². The second-order valence-electron chi connectivity index (χ2n) is 4.39. The van der Waals surface area contributed by atoms with Crippen LogP contribution in [0.25, 0.3) is 0 Å². The van der Waals surface area contributed by atoms with Crippen LogP contribution in [0.2, 0.25) is 0 Å². The van der Waals surface area contributed by atoms with Gasteiger partial charge in [0, 0.05) is 19.2 Å². The number of para-hydroxylation sites is 1. The van der Waals surface area contributed by atoms with Crippen LogP contribution in [0.4, 0.5) is 11.5 Å². The number of nitrogen functional groups attached to an aromatic ring is 1. The number of hydrogen-bond donors (Lipinski definition) is 1. The van der Waals surface area contributed by atoms with Crippen LogP contribution in [-0.2, 0) is 6.54 Å². The summed E-state index contributed by atoms with van der Waals surface area (Å²) >= 11 is 0. The number of pyridine rings is 1. The number of rotatable bonds is 4. The molecular weight excluding hydrogens is 252 g/mol. The highest BCUT2D eigenvalue weighted by atomic mass is 16.5. The van der Waals surface area contributed by atoms with Crippen molar-refractivity contribution in [3.8, 4) is 11.8 Å². The lowest BCUT2D eigenvalue weighted by Gasteiger charge is -2.20. The molecule has 0 aliphatic rings. The van der Waals surface area contributed by atoms with Gasteiger partial charge >= 0.3 is 0 Å². The summed E-state index contributed by atoms with van der Waals surface area (Å²) in [5.41, 5.74) is 7.36. The fraction of sp³-hybridized carbons (Fsp3) is 0.200. The van der Waals surface area contributed by atoms with Crippen LogP contribution in [0.5, 0.6) is 5.75 Å². The molecule has 1 aromatic carbocycles. The van der Waals surface area contributed by atoms with E-state index >= 15 is 0 Å². The predicted molar refractivity (Wildman–Crippen MR) is 78.5 cm³/mol. The quantitative estimate of drug-likeness (QED) is 0.919. The van der Waals surface area contributed by atoms with Crippen LogP contribution in [0.3, 0.4) is 0 Å². The molecule has 2 rings (SSSR count). The lowest BCUT2D eigenvalue weighted by molar-refractivity contribution is 0.409. The topological polar surface area (TPSA) is 75.2 Å². The van der Waals surface area contributed by atoms with E-state index in [-0.39, 0.29) is 5.69 Å². The smallest absolute Gasteiger partial charge is 0.165 e. The summed E-state index contributed by atoms with van der Waals surface area (Å²) < 4.78 is 5.33. The van der Waals surface area contributed by atoms with Gasteiger partial charge in [-0.05, 0) is 18.2 Å². The molecule has 1 aromatic heterocycles. The lowest BCUT2D eigenvalue weighted by atomic mass is 10.2. The van der Waals surface area contributed by atoms with Crippen LogP contribution in [0.15, 0.2) is 36.4 Å². The normalized spacial score (nSPS) is 9.85. The number of hydrogen-bond acceptors (Lipinski definition) is 5. The van der Waals surface area contributed by atoms with Crippen LogP contribution < -0.4 is 15.4 Å². The molecule has 2 aromatic rings. The van der Waals surface area contributed by atoms with Gasteiger partial charge in [0.25, 0.3) is 0 Å². The van der Waals surface area contributed by atoms with Crippen LogP contribution >= 0.6 is 0 Å². The van der Waals surface area contributed by atoms with Gasteiger partial charge < -0.3 is 15.4 Å². The van der Waals surface area contributed by atoms with Gasteiger partial charge in [-0.15, -0.1) is 0 Å². The van der Waals surface area contributed by atoms with E-state index in [0.29, 0.717) is 18.1 Å². The van der Waals surface area contributed by atoms with E-state index in [9.17, 15) is 0 Å². The molecule has 0 unspecified atom stereocenters. The minimum Gasteiger partial charge on any atom is -0.496 e. The monoisotopic (exact) mass is 268 g/mol. The number of benzene rings is 1. The SMILES string of the molecule is COc1ccccc1CN(C)c1ccc(N)c(C#N)n1. The maximum atomic E-state index is 8.97. The molecule has 102 valence electrons. The third-order valence-corrected chi connectivity index (χ3v) is 3.01. The number of ether oxygens (including phenoxy) is 1. The first-order valence-corrected chi connectivity index (χ1v) is 6.15. The molecule has 0 spiro atoms. The number of nitrogens with zero attached hydrogens (tertiary/aromatic N) is 3. The van der Waals surface area contributed by atoms with Gasteiger partial charge in [0.05, 0.1) is 12.8 Å². The van der Waals surface area contributed by atoms with Crippen molar-refractivity contribution in [3.05, 3.63) is 47.7 Å². The zero-order valence-electron chi connectivity index (χ0n) is 11.5. The van der Waals surface area contributed by atoms with Crippen LogP contribution in [0, 0.1) is 11.3 Å². The van der Waals surface area contributed by atoms with Crippen molar-refractivity contribution in [1.82, 2.24) is 4.98 Å². The van der Waals surface area contributed by atoms with E-state index in [2.05, 4.69) is 4.98 Å². The summed E-state index contributed by atoms with van der Waals surface area (Å²) in [6.07, 6.45) is 0. The first-order chi connectivity index (χ1) is 9.65. The average Bonchev–Trinajstić information content (AvgIpc) is 2.48. The lowest BCUT2D eigenvalue weighted by Crippen LogP contribution is -2.18. The predicted octanol–water partition coefficient (Wildman–Crippen LogP) is 2.18. The molecule has 2 N–H and O–H groups in total. The summed E-state index contributed by atoms with van der Waals surface area (Å²) in [5, 5.41) is 8.97. The molecule has 0 radical (unpaired) electrons. The van der Waals surface area contributed by atoms with E-state index in [1.54, 1.807) is 19.2 Å². The molecule has 1 heterocycles. The Morgan fingerprint density at radius 2 is 2.05 bits per heavy atom. The van der Waals surface area contributed by atoms with Crippen LogP contribution in [-0.4, -0.2) is 19.1 Å². The van der Waals surface area contributed by atoms with E-state index in [1.165, 1.54) is 0 Å². The Hall–Kier alpha value is -2.74. The minimum absolute atomic E-state index is 0.245. The molecule has 0 atom stereocenters. The zero-order valence-corrected chi connectivity index (χ0v) is 11.5. The average molecular weight is 268 g/mol. The Bertz CT molecular complexity index is 649. The van der Waals surface area contributed by atoms with Crippen molar-refractivity contribution in [2.45, 2.75) is 6.54 Å². The Balaban J connectivity index is 2.24. The first kappa shape index (κ1) is 13.7. The number of nitrogens with two attached hydrogens (primary N) is 1. The highest BCUT2D eigenvalue weighted by Gasteiger charge is 2.09. The van der Waals surface area contributed by atoms with Gasteiger partial charge in [-0.3, -0.25) is 0 Å². The molecule has 0 fully saturated rings. The van der Waals surface area contributed by atoms with Crippen LogP contribution in [0.1, 0.15) is 11.3 Å². The van der Waals surface area contributed by atoms with Crippen molar-refractivity contribution < 1.29 is 4.74 Å². The summed E-state index contributed by atoms with van der Waals surface area (Å²) in [6, 6.07) is 13.3. The molecule has 5 heteroatoms. The van der Waals surface area contributed by atoms with Gasteiger partial charge in [-0.1, -0.05) is 18.2 Å². The molecule has 5 nitrogen and oxygen atoms in total. The zero-order chi connectivity index (χ0) is 14.5. The molecule has 0 saturated heterocycles. The third-order valence-electron chi connectivity index (χ3n) is 3.01. The van der Waals surface area contributed by atoms with Gasteiger partial charge in [0.15, 0.2) is 5.69 Å². The van der Waals surface area contributed by atoms with Crippen molar-refractivity contribution in [2.75, 3.05) is 24.8 Å². The maximum Gasteiger partial charge on any atom is 0.165 e. The Labute approximate surface area is 118 Å². The third kappa shape index (κ3) is 2.81. The number of aromatic nitrogens is 1. The first-order valence-electron chi connectivity index (χ1n) is 6.15. The Morgan fingerprint density at radius 3 is 2.75 bits per heavy atom. The largest absolute Gasteiger partial charge is 0.496 e. The molecule has 0 saturated carbocycles. The molecule has 0 amide bonds. The highest BCUT2D eigenvalue weighted by Crippen LogP contribution is 2.22. The minimum atomic E-state index is 0.245. The molecular formula is C15H16N4O. The summed E-state index contributed by atoms with van der Waals surface area (Å²) in [6.45, 7) is 0.631. The fourth-order valence-corrected chi connectivity index (χ4v) is 1.93. The van der Waals surface area contributed by atoms with Crippen molar-refractivity contribution in [3.63, 3.8) is 0 Å². The number of nitriles is 1. The summed E-state index contributed by atoms with van der Waals surface area (Å²) in [5.74, 6) is 1.52. The molecule has 0 aliphatic carbocycles. The highest BCUT2D eigenvalue weighted by molar-refractivity contribution is 5.55. The van der Waals surface area contributed by atoms with E-state index in [0.717, 1.165) is 11.3 Å². The Morgan fingerprint density at radius 1 is 1.30 bits per heavy atom. The second-order valence-corrected chi connectivity index (χ2v) is 4.39. The van der Waals surface area contributed by atoms with E-state index in [4.69, 9.17) is 15.7 Å². The molecule has 0 aliphatic heterocycles. The second kappa shape index (κ2) is 5.93. The summed E-state index contributed by atoms with van der Waals surface area (Å²) in [4.78, 5) is 6.18. The standard InChI is InChI=1S/C15H16N4O/c1-19(10-11-5-3-4-6-14(11)20-2)15-8-7-12(17)13(9-16)18-15/h3-8H,10,17H2,1-2H3. The van der Waals surface area contributed by atoms with E-state index < -0.39 is 0 Å². The summed E-state index contributed by atoms with van der Waals surface area (Å²) in [7, 11) is 3.56. The Kier molecular flexibility index (Phi) is 4.06. The van der Waals surface area contributed by atoms with E-state index in [1.807, 2.05) is 42.3 Å². The number of methoxy groups -OCH3 is 1. The molecule has 0 bridgehead atoms. The van der Waals surface area contributed by atoms with Crippen molar-refractivity contribution in [1.29, 1.82) is 5.26 Å². The van der Waals surface area contributed by atoms with Gasteiger partial charge in [-0.2, -0.15) is 5.26 Å². The molecule has 20 heavy (non-hydrogen) atoms. The van der Waals surface area contributed by atoms with Gasteiger partial charge in [0.2, 0.25) is 0 Å². The van der Waals surface area contributed by atoms with Gasteiger partial charge in [-0.25, -0.2) is 4.98 Å². The fourth-order valence-electron chi connectivity index (χ4n) is 1.93. The van der Waals surface area contributed by atoms with Crippen molar-refractivity contribution >= 4 is 11.5 Å².